The lowest BCUT2D eigenvalue weighted by molar-refractivity contribution is -0.150. The van der Waals surface area contributed by atoms with E-state index in [0.29, 0.717) is 23.4 Å². The Morgan fingerprint density at radius 3 is 2.39 bits per heavy atom. The number of sulfonamides is 1. The second-order valence-electron chi connectivity index (χ2n) is 6.54. The number of hydrogen-bond acceptors (Lipinski definition) is 5. The molecule has 0 spiro atoms. The number of halogens is 1. The highest BCUT2D eigenvalue weighted by Gasteiger charge is 2.41. The van der Waals surface area contributed by atoms with Crippen LogP contribution in [0.25, 0.3) is 0 Å². The van der Waals surface area contributed by atoms with Gasteiger partial charge < -0.3 is 4.74 Å². The topological polar surface area (TPSA) is 80.8 Å². The summed E-state index contributed by atoms with van der Waals surface area (Å²) in [6, 6.07) is 13.3. The van der Waals surface area contributed by atoms with E-state index in [-0.39, 0.29) is 17.2 Å². The van der Waals surface area contributed by atoms with Gasteiger partial charge in [-0.1, -0.05) is 41.9 Å². The van der Waals surface area contributed by atoms with Gasteiger partial charge in [0.2, 0.25) is 15.8 Å². The van der Waals surface area contributed by atoms with Gasteiger partial charge in [0.1, 0.15) is 6.04 Å². The maximum absolute atomic E-state index is 12.9. The fraction of sp³-hybridized carbons (Fsp3) is 0.300. The molecule has 1 fully saturated rings. The Labute approximate surface area is 169 Å². The molecular weight excluding hydrogens is 402 g/mol. The van der Waals surface area contributed by atoms with Crippen molar-refractivity contribution in [1.29, 1.82) is 0 Å². The number of carbonyl (C=O) groups excluding carboxylic acids is 2. The van der Waals surface area contributed by atoms with Crippen LogP contribution in [0.1, 0.15) is 30.1 Å². The van der Waals surface area contributed by atoms with Gasteiger partial charge in [-0.3, -0.25) is 9.59 Å². The number of benzene rings is 2. The molecule has 8 heteroatoms. The molecule has 2 aromatic rings. The van der Waals surface area contributed by atoms with Gasteiger partial charge in [-0.15, -0.1) is 0 Å². The molecule has 0 radical (unpaired) electrons. The molecule has 28 heavy (non-hydrogen) atoms. The second-order valence-corrected chi connectivity index (χ2v) is 8.86. The monoisotopic (exact) mass is 421 g/mol. The van der Waals surface area contributed by atoms with Crippen molar-refractivity contribution in [3.8, 4) is 0 Å². The van der Waals surface area contributed by atoms with Crippen molar-refractivity contribution in [3.63, 3.8) is 0 Å². The van der Waals surface area contributed by atoms with E-state index in [2.05, 4.69) is 0 Å². The third kappa shape index (κ3) is 4.27. The molecule has 1 heterocycles. The summed E-state index contributed by atoms with van der Waals surface area (Å²) >= 11 is 5.82. The lowest BCUT2D eigenvalue weighted by Crippen LogP contribution is -2.43. The van der Waals surface area contributed by atoms with Gasteiger partial charge >= 0.3 is 5.97 Å². The Balaban J connectivity index is 1.74. The molecular formula is C20H20ClNO5S. The minimum absolute atomic E-state index is 0.0602. The van der Waals surface area contributed by atoms with Crippen LogP contribution in [-0.2, 0) is 19.6 Å². The van der Waals surface area contributed by atoms with E-state index in [1.165, 1.54) is 31.2 Å². The van der Waals surface area contributed by atoms with Gasteiger partial charge in [-0.2, -0.15) is 4.31 Å². The van der Waals surface area contributed by atoms with Crippen LogP contribution < -0.4 is 0 Å². The molecule has 0 saturated carbocycles. The van der Waals surface area contributed by atoms with Crippen LogP contribution in [0.2, 0.25) is 5.02 Å². The Hall–Kier alpha value is -2.22. The number of ether oxygens (including phenoxy) is 1. The first kappa shape index (κ1) is 20.5. The lowest BCUT2D eigenvalue weighted by Gasteiger charge is -2.24. The molecule has 1 aliphatic heterocycles. The molecule has 6 nitrogen and oxygen atoms in total. The maximum atomic E-state index is 12.9. The predicted molar refractivity (Wildman–Crippen MR) is 105 cm³/mol. The predicted octanol–water partition coefficient (Wildman–Crippen LogP) is 3.31. The van der Waals surface area contributed by atoms with Gasteiger partial charge in [0.15, 0.2) is 6.10 Å². The third-order valence-corrected chi connectivity index (χ3v) is 6.79. The van der Waals surface area contributed by atoms with Crippen molar-refractivity contribution in [2.45, 2.75) is 36.8 Å². The van der Waals surface area contributed by atoms with E-state index in [1.54, 1.807) is 30.3 Å². The van der Waals surface area contributed by atoms with E-state index in [0.717, 1.165) is 4.31 Å². The van der Waals surface area contributed by atoms with E-state index >= 15 is 0 Å². The summed E-state index contributed by atoms with van der Waals surface area (Å²) in [7, 11) is -3.87. The van der Waals surface area contributed by atoms with Crippen molar-refractivity contribution < 1.29 is 22.7 Å². The normalized spacial score (nSPS) is 18.6. The van der Waals surface area contributed by atoms with Crippen molar-refractivity contribution in [3.05, 3.63) is 65.2 Å². The van der Waals surface area contributed by atoms with Crippen molar-refractivity contribution >= 4 is 33.4 Å². The summed E-state index contributed by atoms with van der Waals surface area (Å²) in [5, 5.41) is 0.421. The maximum Gasteiger partial charge on any atom is 0.325 e. The molecule has 0 bridgehead atoms. The Morgan fingerprint density at radius 2 is 1.75 bits per heavy atom. The van der Waals surface area contributed by atoms with Gasteiger partial charge in [-0.25, -0.2) is 8.42 Å². The molecule has 3 rings (SSSR count). The number of Topliss-reactive ketones (excluding diaryl/α,β-unsaturated/α-hetero) is 1. The van der Waals surface area contributed by atoms with E-state index in [1.807, 2.05) is 0 Å². The molecule has 0 aromatic heterocycles. The van der Waals surface area contributed by atoms with Crippen LogP contribution in [-0.4, -0.2) is 43.2 Å². The van der Waals surface area contributed by atoms with Crippen molar-refractivity contribution in [1.82, 2.24) is 4.31 Å². The highest BCUT2D eigenvalue weighted by Crippen LogP contribution is 2.28. The summed E-state index contributed by atoms with van der Waals surface area (Å²) in [4.78, 5) is 25.1. The fourth-order valence-electron chi connectivity index (χ4n) is 3.15. The lowest BCUT2D eigenvalue weighted by atomic mass is 10.1. The zero-order valence-electron chi connectivity index (χ0n) is 15.2. The average Bonchev–Trinajstić information content (AvgIpc) is 3.19. The van der Waals surface area contributed by atoms with Gasteiger partial charge in [0.25, 0.3) is 0 Å². The Bertz CT molecular complexity index is 960. The van der Waals surface area contributed by atoms with E-state index in [9.17, 15) is 18.0 Å². The Kier molecular flexibility index (Phi) is 6.17. The quantitative estimate of drug-likeness (QED) is 0.528. The van der Waals surface area contributed by atoms with Crippen LogP contribution >= 0.6 is 11.6 Å². The molecule has 0 N–H and O–H groups in total. The van der Waals surface area contributed by atoms with Crippen molar-refractivity contribution in [2.75, 3.05) is 6.54 Å². The first-order valence-corrected chi connectivity index (χ1v) is 10.7. The number of nitrogens with zero attached hydrogens (tertiary/aromatic N) is 1. The molecule has 0 aliphatic carbocycles. The second kappa shape index (κ2) is 8.43. The third-order valence-electron chi connectivity index (χ3n) is 4.62. The number of hydrogen-bond donors (Lipinski definition) is 0. The molecule has 2 aromatic carbocycles. The summed E-state index contributed by atoms with van der Waals surface area (Å²) in [6.45, 7) is 1.70. The summed E-state index contributed by atoms with van der Waals surface area (Å²) in [5.74, 6) is -1.05. The van der Waals surface area contributed by atoms with E-state index in [4.69, 9.17) is 16.3 Å². The number of carbonyl (C=O) groups is 2. The molecule has 0 unspecified atom stereocenters. The number of ketones is 1. The average molecular weight is 422 g/mol. The van der Waals surface area contributed by atoms with Gasteiger partial charge in [0.05, 0.1) is 4.90 Å². The first-order chi connectivity index (χ1) is 13.3. The molecule has 148 valence electrons. The highest BCUT2D eigenvalue weighted by atomic mass is 35.5. The largest absolute Gasteiger partial charge is 0.453 e. The van der Waals surface area contributed by atoms with Crippen LogP contribution in [0.4, 0.5) is 0 Å². The van der Waals surface area contributed by atoms with Gasteiger partial charge in [0, 0.05) is 17.1 Å². The Morgan fingerprint density at radius 1 is 1.11 bits per heavy atom. The molecule has 2 atom stereocenters. The minimum Gasteiger partial charge on any atom is -0.453 e. The zero-order chi connectivity index (χ0) is 20.3. The minimum atomic E-state index is -3.87. The smallest absolute Gasteiger partial charge is 0.325 e. The van der Waals surface area contributed by atoms with Crippen LogP contribution in [0.15, 0.2) is 59.5 Å². The summed E-state index contributed by atoms with van der Waals surface area (Å²) in [6.07, 6.45) is -0.124. The summed E-state index contributed by atoms with van der Waals surface area (Å²) < 4.78 is 32.3. The van der Waals surface area contributed by atoms with Gasteiger partial charge in [-0.05, 0) is 44.0 Å². The zero-order valence-corrected chi connectivity index (χ0v) is 16.8. The van der Waals surface area contributed by atoms with Crippen LogP contribution in [0.3, 0.4) is 0 Å². The van der Waals surface area contributed by atoms with Crippen LogP contribution in [0, 0.1) is 0 Å². The highest BCUT2D eigenvalue weighted by molar-refractivity contribution is 7.89. The SMILES string of the molecule is C[C@H](OC(=O)[C@H]1CCCN1S(=O)(=O)c1ccc(Cl)cc1)C(=O)c1ccccc1. The van der Waals surface area contributed by atoms with Crippen LogP contribution in [0.5, 0.6) is 0 Å². The molecule has 1 saturated heterocycles. The molecule has 0 amide bonds. The number of rotatable bonds is 6. The number of esters is 1. The fourth-order valence-corrected chi connectivity index (χ4v) is 4.92. The van der Waals surface area contributed by atoms with Crippen molar-refractivity contribution in [2.24, 2.45) is 0 Å². The van der Waals surface area contributed by atoms with E-state index < -0.39 is 28.1 Å². The first-order valence-electron chi connectivity index (χ1n) is 8.88. The summed E-state index contributed by atoms with van der Waals surface area (Å²) in [5.41, 5.74) is 0.430. The molecule has 1 aliphatic rings. The standard InChI is InChI=1S/C20H20ClNO5S/c1-14(19(23)15-6-3-2-4-7-15)27-20(24)18-8-5-13-22(18)28(25,26)17-11-9-16(21)10-12-17/h2-4,6-7,9-12,14,18H,5,8,13H2,1H3/t14-,18+/m0/s1.